The molecule has 0 fully saturated rings. The topological polar surface area (TPSA) is 26.3 Å². The predicted octanol–water partition coefficient (Wildman–Crippen LogP) is 6.05. The van der Waals surface area contributed by atoms with Crippen LogP contribution in [-0.2, 0) is 8.99 Å². The normalized spacial score (nSPS) is 13.6. The zero-order chi connectivity index (χ0) is 20.3. The monoisotopic (exact) mass is 402 g/mol. The molecule has 0 amide bonds. The minimum atomic E-state index is -2.73. The van der Waals surface area contributed by atoms with Gasteiger partial charge in [-0.25, -0.2) is 0 Å². The number of hydrogen-bond acceptors (Lipinski definition) is 2. The van der Waals surface area contributed by atoms with Crippen molar-refractivity contribution in [1.29, 1.82) is 0 Å². The van der Waals surface area contributed by atoms with Crippen molar-refractivity contribution in [2.45, 2.75) is 52.8 Å². The lowest BCUT2D eigenvalue weighted by atomic mass is 9.98. The lowest BCUT2D eigenvalue weighted by Crippen LogP contribution is -2.44. The minimum Gasteiger partial charge on any atom is -0.416 e. The van der Waals surface area contributed by atoms with Gasteiger partial charge in [0, 0.05) is 23.4 Å². The lowest BCUT2D eigenvalue weighted by Gasteiger charge is -2.40. The van der Waals surface area contributed by atoms with Gasteiger partial charge in [-0.1, -0.05) is 95.3 Å². The van der Waals surface area contributed by atoms with E-state index < -0.39 is 15.5 Å². The van der Waals surface area contributed by atoms with Crippen LogP contribution in [0.2, 0.25) is 18.1 Å². The molecule has 0 bridgehead atoms. The molecular formula is C23H35O2PSi. The molecule has 0 aliphatic carbocycles. The summed E-state index contributed by atoms with van der Waals surface area (Å²) in [5, 5.41) is 2.03. The van der Waals surface area contributed by atoms with E-state index in [0.717, 1.165) is 10.6 Å². The summed E-state index contributed by atoms with van der Waals surface area (Å²) < 4.78 is 20.8. The van der Waals surface area contributed by atoms with Crippen molar-refractivity contribution in [3.05, 3.63) is 60.7 Å². The van der Waals surface area contributed by atoms with Gasteiger partial charge in [-0.3, -0.25) is 0 Å². The van der Waals surface area contributed by atoms with E-state index in [1.54, 1.807) is 0 Å². The standard InChI is InChI=1S/C23H35O2PSi/c1-22(2,3)27(6,7)25-18-23(4,5)19-26(24,20-14-10-8-11-15-20)21-16-12-9-13-17-21/h8-17H,18-19H2,1-7H3. The van der Waals surface area contributed by atoms with E-state index in [0.29, 0.717) is 12.8 Å². The van der Waals surface area contributed by atoms with Crippen LogP contribution in [0.3, 0.4) is 0 Å². The molecule has 0 N–H and O–H groups in total. The molecule has 0 aliphatic heterocycles. The van der Waals surface area contributed by atoms with E-state index in [1.165, 1.54) is 0 Å². The zero-order valence-corrected chi connectivity index (χ0v) is 19.8. The number of hydrogen-bond donors (Lipinski definition) is 0. The van der Waals surface area contributed by atoms with E-state index >= 15 is 0 Å². The maximum atomic E-state index is 14.3. The third-order valence-electron chi connectivity index (χ3n) is 5.63. The van der Waals surface area contributed by atoms with Crippen molar-refractivity contribution in [2.75, 3.05) is 12.8 Å². The first-order valence-electron chi connectivity index (χ1n) is 9.72. The fraction of sp³-hybridized carbons (Fsp3) is 0.478. The summed E-state index contributed by atoms with van der Waals surface area (Å²) in [6.07, 6.45) is 0.600. The van der Waals surface area contributed by atoms with Crippen molar-refractivity contribution in [3.8, 4) is 0 Å². The average Bonchev–Trinajstić information content (AvgIpc) is 2.60. The SMILES string of the molecule is CC(C)(CO[Si](C)(C)C(C)(C)C)CP(=O)(c1ccccc1)c1ccccc1. The van der Waals surface area contributed by atoms with Gasteiger partial charge < -0.3 is 8.99 Å². The summed E-state index contributed by atoms with van der Waals surface area (Å²) in [7, 11) is -4.57. The largest absolute Gasteiger partial charge is 0.416 e. The highest BCUT2D eigenvalue weighted by Gasteiger charge is 2.40. The molecule has 0 unspecified atom stereocenters. The molecule has 0 saturated heterocycles. The maximum Gasteiger partial charge on any atom is 0.192 e. The van der Waals surface area contributed by atoms with Crippen LogP contribution in [0.4, 0.5) is 0 Å². The highest BCUT2D eigenvalue weighted by Crippen LogP contribution is 2.49. The Bertz CT molecular complexity index is 734. The van der Waals surface area contributed by atoms with Crippen LogP contribution in [0.25, 0.3) is 0 Å². The Morgan fingerprint density at radius 1 is 0.815 bits per heavy atom. The summed E-state index contributed by atoms with van der Waals surface area (Å²) in [6, 6.07) is 19.9. The second-order valence-electron chi connectivity index (χ2n) is 9.78. The summed E-state index contributed by atoms with van der Waals surface area (Å²) >= 11 is 0. The van der Waals surface area contributed by atoms with Gasteiger partial charge in [-0.2, -0.15) is 0 Å². The van der Waals surface area contributed by atoms with Gasteiger partial charge in [0.1, 0.15) is 7.14 Å². The molecule has 0 spiro atoms. The second kappa shape index (κ2) is 8.07. The van der Waals surface area contributed by atoms with Crippen molar-refractivity contribution >= 4 is 26.1 Å². The van der Waals surface area contributed by atoms with E-state index in [9.17, 15) is 4.57 Å². The van der Waals surface area contributed by atoms with Gasteiger partial charge in [0.25, 0.3) is 0 Å². The summed E-state index contributed by atoms with van der Waals surface area (Å²) in [6.45, 7) is 16.3. The van der Waals surface area contributed by atoms with Crippen molar-refractivity contribution in [1.82, 2.24) is 0 Å². The Morgan fingerprint density at radius 2 is 1.22 bits per heavy atom. The first kappa shape index (κ1) is 22.1. The van der Waals surface area contributed by atoms with Gasteiger partial charge in [0.2, 0.25) is 0 Å². The van der Waals surface area contributed by atoms with E-state index in [1.807, 2.05) is 60.7 Å². The highest BCUT2D eigenvalue weighted by atomic mass is 31.2. The van der Waals surface area contributed by atoms with E-state index in [-0.39, 0.29) is 10.5 Å². The Balaban J connectivity index is 2.32. The fourth-order valence-corrected chi connectivity index (χ4v) is 7.36. The van der Waals surface area contributed by atoms with Crippen LogP contribution in [0, 0.1) is 5.41 Å². The lowest BCUT2D eigenvalue weighted by molar-refractivity contribution is 0.183. The van der Waals surface area contributed by atoms with Gasteiger partial charge >= 0.3 is 0 Å². The summed E-state index contributed by atoms with van der Waals surface area (Å²) in [4.78, 5) is 0. The summed E-state index contributed by atoms with van der Waals surface area (Å²) in [5.41, 5.74) is -0.184. The summed E-state index contributed by atoms with van der Waals surface area (Å²) in [5.74, 6) is 0. The first-order valence-corrected chi connectivity index (χ1v) is 14.5. The van der Waals surface area contributed by atoms with Crippen LogP contribution in [0.15, 0.2) is 60.7 Å². The van der Waals surface area contributed by atoms with Crippen LogP contribution in [0.1, 0.15) is 34.6 Å². The number of rotatable bonds is 7. The van der Waals surface area contributed by atoms with Gasteiger partial charge in [0.15, 0.2) is 8.32 Å². The van der Waals surface area contributed by atoms with Crippen molar-refractivity contribution in [2.24, 2.45) is 5.41 Å². The van der Waals surface area contributed by atoms with Gasteiger partial charge in [-0.15, -0.1) is 0 Å². The molecule has 0 heterocycles. The molecule has 2 nitrogen and oxygen atoms in total. The zero-order valence-electron chi connectivity index (χ0n) is 18.0. The average molecular weight is 403 g/mol. The maximum absolute atomic E-state index is 14.3. The Labute approximate surface area is 166 Å². The molecule has 2 aromatic carbocycles. The minimum absolute atomic E-state index is 0.172. The smallest absolute Gasteiger partial charge is 0.192 e. The van der Waals surface area contributed by atoms with E-state index in [2.05, 4.69) is 47.7 Å². The molecule has 0 atom stereocenters. The van der Waals surface area contributed by atoms with Gasteiger partial charge in [-0.05, 0) is 23.5 Å². The number of benzene rings is 2. The molecule has 4 heteroatoms. The van der Waals surface area contributed by atoms with Crippen LogP contribution in [0.5, 0.6) is 0 Å². The fourth-order valence-electron chi connectivity index (χ4n) is 2.91. The third kappa shape index (κ3) is 5.44. The molecule has 148 valence electrons. The molecule has 2 aromatic rings. The molecular weight excluding hydrogens is 367 g/mol. The molecule has 0 saturated carbocycles. The molecule has 27 heavy (non-hydrogen) atoms. The Morgan fingerprint density at radius 3 is 1.59 bits per heavy atom. The van der Waals surface area contributed by atoms with Crippen LogP contribution in [-0.4, -0.2) is 21.1 Å². The van der Waals surface area contributed by atoms with Crippen molar-refractivity contribution < 1.29 is 8.99 Å². The predicted molar refractivity (Wildman–Crippen MR) is 122 cm³/mol. The molecule has 2 rings (SSSR count). The first-order chi connectivity index (χ1) is 12.4. The van der Waals surface area contributed by atoms with Crippen molar-refractivity contribution in [3.63, 3.8) is 0 Å². The van der Waals surface area contributed by atoms with Crippen LogP contribution >= 0.6 is 7.14 Å². The second-order valence-corrected chi connectivity index (χ2v) is 17.4. The van der Waals surface area contributed by atoms with E-state index in [4.69, 9.17) is 4.43 Å². The molecule has 0 radical (unpaired) electrons. The van der Waals surface area contributed by atoms with Gasteiger partial charge in [0.05, 0.1) is 0 Å². The molecule has 0 aliphatic rings. The Hall–Kier alpha value is -1.15. The quantitative estimate of drug-likeness (QED) is 0.416. The molecule has 0 aromatic heterocycles. The van der Waals surface area contributed by atoms with Crippen LogP contribution < -0.4 is 10.6 Å². The third-order valence-corrected chi connectivity index (χ3v) is 13.7. The highest BCUT2D eigenvalue weighted by molar-refractivity contribution is 7.78. The Kier molecular flexibility index (Phi) is 6.62.